The summed E-state index contributed by atoms with van der Waals surface area (Å²) in [6.07, 6.45) is 12.7. The maximum Gasteiger partial charge on any atom is 0.222 e. The van der Waals surface area contributed by atoms with Crippen LogP contribution in [0.5, 0.6) is 0 Å². The van der Waals surface area contributed by atoms with Crippen LogP contribution in [0, 0.1) is 5.92 Å². The Hall–Kier alpha value is -0.650. The molecule has 0 radical (unpaired) electrons. The van der Waals surface area contributed by atoms with Crippen LogP contribution in [-0.2, 0) is 19.0 Å². The molecule has 0 bridgehead atoms. The van der Waals surface area contributed by atoms with E-state index in [1.807, 2.05) is 6.92 Å². The fourth-order valence-corrected chi connectivity index (χ4v) is 5.02. The number of nitrogens with zero attached hydrogens (tertiary/aromatic N) is 1. The first-order chi connectivity index (χ1) is 13.2. The van der Waals surface area contributed by atoms with Gasteiger partial charge in [0, 0.05) is 39.1 Å². The van der Waals surface area contributed by atoms with E-state index in [1.165, 1.54) is 32.1 Å². The van der Waals surface area contributed by atoms with Crippen LogP contribution in [0.2, 0.25) is 0 Å². The highest BCUT2D eigenvalue weighted by Crippen LogP contribution is 2.36. The van der Waals surface area contributed by atoms with Gasteiger partial charge >= 0.3 is 0 Å². The molecule has 0 aromatic rings. The number of likely N-dealkylation sites (tertiary alicyclic amines) is 1. The summed E-state index contributed by atoms with van der Waals surface area (Å²) in [4.78, 5) is 14.7. The first kappa shape index (κ1) is 21.1. The van der Waals surface area contributed by atoms with Gasteiger partial charge in [0.05, 0.1) is 24.9 Å². The minimum atomic E-state index is -0.0747. The van der Waals surface area contributed by atoms with Crippen LogP contribution in [-0.4, -0.2) is 62.0 Å². The Balaban J connectivity index is 1.37. The van der Waals surface area contributed by atoms with Crippen molar-refractivity contribution in [1.29, 1.82) is 0 Å². The van der Waals surface area contributed by atoms with Gasteiger partial charge in [-0.1, -0.05) is 32.1 Å². The van der Waals surface area contributed by atoms with Gasteiger partial charge in [0.25, 0.3) is 0 Å². The normalized spacial score (nSPS) is 26.4. The van der Waals surface area contributed by atoms with Crippen molar-refractivity contribution in [2.45, 2.75) is 89.3 Å². The minimum Gasteiger partial charge on any atom is -0.379 e. The molecule has 1 unspecified atom stereocenters. The predicted octanol–water partition coefficient (Wildman–Crippen LogP) is 3.94. The molecule has 1 amide bonds. The summed E-state index contributed by atoms with van der Waals surface area (Å²) in [5.74, 6) is 1.14. The molecular formula is C22H39NO4. The van der Waals surface area contributed by atoms with Crippen molar-refractivity contribution in [1.82, 2.24) is 4.90 Å². The Morgan fingerprint density at radius 2 is 1.89 bits per heavy atom. The summed E-state index contributed by atoms with van der Waals surface area (Å²) in [5, 5.41) is 0. The van der Waals surface area contributed by atoms with E-state index in [0.29, 0.717) is 19.1 Å². The van der Waals surface area contributed by atoms with Gasteiger partial charge in [-0.05, 0) is 38.5 Å². The molecule has 3 aliphatic rings. The molecule has 5 nitrogen and oxygen atoms in total. The highest BCUT2D eigenvalue weighted by atomic mass is 16.5. The molecule has 3 rings (SSSR count). The topological polar surface area (TPSA) is 48.0 Å². The third-order valence-electron chi connectivity index (χ3n) is 6.75. The monoisotopic (exact) mass is 381 g/mol. The van der Waals surface area contributed by atoms with Crippen LogP contribution in [0.25, 0.3) is 0 Å². The van der Waals surface area contributed by atoms with E-state index in [1.54, 1.807) is 0 Å². The SMILES string of the molecule is CCOCCOC1CCOC2(CCN(C(=O)CCC3CCCCC3)CC2)C1. The fourth-order valence-electron chi connectivity index (χ4n) is 5.02. The van der Waals surface area contributed by atoms with Crippen LogP contribution >= 0.6 is 0 Å². The molecule has 1 aliphatic carbocycles. The molecule has 1 atom stereocenters. The number of piperidine rings is 1. The van der Waals surface area contributed by atoms with Crippen molar-refractivity contribution >= 4 is 5.91 Å². The number of rotatable bonds is 8. The van der Waals surface area contributed by atoms with Crippen molar-refractivity contribution in [3.05, 3.63) is 0 Å². The zero-order chi connectivity index (χ0) is 19.0. The first-order valence-corrected chi connectivity index (χ1v) is 11.3. The first-order valence-electron chi connectivity index (χ1n) is 11.3. The molecule has 5 heteroatoms. The molecule has 1 saturated carbocycles. The largest absolute Gasteiger partial charge is 0.379 e. The molecule has 2 heterocycles. The third kappa shape index (κ3) is 6.43. The van der Waals surface area contributed by atoms with E-state index in [4.69, 9.17) is 14.2 Å². The molecule has 2 saturated heterocycles. The van der Waals surface area contributed by atoms with Crippen LogP contribution in [0.3, 0.4) is 0 Å². The second kappa shape index (κ2) is 10.8. The average molecular weight is 382 g/mol. The summed E-state index contributed by atoms with van der Waals surface area (Å²) in [6, 6.07) is 0. The molecule has 2 aliphatic heterocycles. The van der Waals surface area contributed by atoms with E-state index >= 15 is 0 Å². The van der Waals surface area contributed by atoms with Gasteiger partial charge in [-0.25, -0.2) is 0 Å². The quantitative estimate of drug-likeness (QED) is 0.598. The van der Waals surface area contributed by atoms with Gasteiger partial charge in [0.2, 0.25) is 5.91 Å². The zero-order valence-electron chi connectivity index (χ0n) is 17.3. The van der Waals surface area contributed by atoms with E-state index in [2.05, 4.69) is 4.90 Å². The van der Waals surface area contributed by atoms with E-state index in [0.717, 1.165) is 70.7 Å². The maximum atomic E-state index is 12.6. The highest BCUT2D eigenvalue weighted by molar-refractivity contribution is 5.76. The van der Waals surface area contributed by atoms with Crippen molar-refractivity contribution in [3.63, 3.8) is 0 Å². The molecule has 0 aromatic carbocycles. The van der Waals surface area contributed by atoms with Gasteiger partial charge < -0.3 is 19.1 Å². The van der Waals surface area contributed by atoms with Crippen LogP contribution in [0.15, 0.2) is 0 Å². The number of carbonyl (C=O) groups excluding carboxylic acids is 1. The number of amides is 1. The van der Waals surface area contributed by atoms with Gasteiger partial charge in [-0.2, -0.15) is 0 Å². The molecule has 27 heavy (non-hydrogen) atoms. The summed E-state index contributed by atoms with van der Waals surface area (Å²) in [5.41, 5.74) is -0.0747. The van der Waals surface area contributed by atoms with E-state index < -0.39 is 0 Å². The number of hydrogen-bond acceptors (Lipinski definition) is 4. The summed E-state index contributed by atoms with van der Waals surface area (Å²) in [6.45, 7) is 6.54. The smallest absolute Gasteiger partial charge is 0.222 e. The van der Waals surface area contributed by atoms with E-state index in [9.17, 15) is 4.79 Å². The van der Waals surface area contributed by atoms with E-state index in [-0.39, 0.29) is 11.7 Å². The Bertz CT molecular complexity index is 442. The van der Waals surface area contributed by atoms with Crippen LogP contribution in [0.1, 0.15) is 77.6 Å². The molecule has 0 N–H and O–H groups in total. The second-order valence-electron chi connectivity index (χ2n) is 8.64. The van der Waals surface area contributed by atoms with Crippen molar-refractivity contribution < 1.29 is 19.0 Å². The summed E-state index contributed by atoms with van der Waals surface area (Å²) < 4.78 is 17.6. The van der Waals surface area contributed by atoms with Crippen molar-refractivity contribution in [2.75, 3.05) is 39.5 Å². The standard InChI is InChI=1S/C22H39NO4/c1-2-25-16-17-26-20-10-15-27-22(18-20)11-13-23(14-12-22)21(24)9-8-19-6-4-3-5-7-19/h19-20H,2-18H2,1H3. The zero-order valence-corrected chi connectivity index (χ0v) is 17.3. The minimum absolute atomic E-state index is 0.0747. The van der Waals surface area contributed by atoms with Gasteiger partial charge in [-0.3, -0.25) is 4.79 Å². The molecule has 1 spiro atoms. The Morgan fingerprint density at radius 1 is 1.11 bits per heavy atom. The van der Waals surface area contributed by atoms with Gasteiger partial charge in [-0.15, -0.1) is 0 Å². The lowest BCUT2D eigenvalue weighted by atomic mass is 9.83. The van der Waals surface area contributed by atoms with Gasteiger partial charge in [0.15, 0.2) is 0 Å². The Labute approximate surface area is 165 Å². The third-order valence-corrected chi connectivity index (χ3v) is 6.75. The number of carbonyl (C=O) groups is 1. The Morgan fingerprint density at radius 3 is 2.63 bits per heavy atom. The van der Waals surface area contributed by atoms with Gasteiger partial charge in [0.1, 0.15) is 0 Å². The fraction of sp³-hybridized carbons (Fsp3) is 0.955. The Kier molecular flexibility index (Phi) is 8.41. The molecular weight excluding hydrogens is 342 g/mol. The average Bonchev–Trinajstić information content (AvgIpc) is 2.71. The lowest BCUT2D eigenvalue weighted by Crippen LogP contribution is -2.52. The van der Waals surface area contributed by atoms with Crippen LogP contribution in [0.4, 0.5) is 0 Å². The number of ether oxygens (including phenoxy) is 3. The summed E-state index contributed by atoms with van der Waals surface area (Å²) >= 11 is 0. The lowest BCUT2D eigenvalue weighted by Gasteiger charge is -2.46. The summed E-state index contributed by atoms with van der Waals surface area (Å²) in [7, 11) is 0. The maximum absolute atomic E-state index is 12.6. The highest BCUT2D eigenvalue weighted by Gasteiger charge is 2.41. The lowest BCUT2D eigenvalue weighted by molar-refractivity contribution is -0.163. The predicted molar refractivity (Wildman–Crippen MR) is 106 cm³/mol. The van der Waals surface area contributed by atoms with Crippen molar-refractivity contribution in [3.8, 4) is 0 Å². The second-order valence-corrected chi connectivity index (χ2v) is 8.64. The van der Waals surface area contributed by atoms with Crippen LogP contribution < -0.4 is 0 Å². The molecule has 156 valence electrons. The number of hydrogen-bond donors (Lipinski definition) is 0. The molecule has 0 aromatic heterocycles. The van der Waals surface area contributed by atoms with Crippen molar-refractivity contribution in [2.24, 2.45) is 5.92 Å². The molecule has 3 fully saturated rings.